The Kier molecular flexibility index (Phi) is 6.23. The van der Waals surface area contributed by atoms with Crippen LogP contribution in [0.4, 0.5) is 5.13 Å². The predicted molar refractivity (Wildman–Crippen MR) is 110 cm³/mol. The van der Waals surface area contributed by atoms with Gasteiger partial charge in [0.15, 0.2) is 11.5 Å². The summed E-state index contributed by atoms with van der Waals surface area (Å²) >= 11 is 1.17. The van der Waals surface area contributed by atoms with Crippen molar-refractivity contribution in [2.45, 2.75) is 0 Å². The van der Waals surface area contributed by atoms with E-state index in [0.717, 1.165) is 11.1 Å². The Balaban J connectivity index is 1.87. The van der Waals surface area contributed by atoms with Crippen LogP contribution >= 0.6 is 11.3 Å². The van der Waals surface area contributed by atoms with E-state index >= 15 is 0 Å². The molecule has 0 atom stereocenters. The molecule has 0 saturated heterocycles. The minimum Gasteiger partial charge on any atom is -0.493 e. The highest BCUT2D eigenvalue weighted by Crippen LogP contribution is 2.32. The van der Waals surface area contributed by atoms with Crippen LogP contribution in [-0.2, 0) is 4.74 Å². The lowest BCUT2D eigenvalue weighted by Crippen LogP contribution is -2.00. The minimum absolute atomic E-state index is 0.408. The van der Waals surface area contributed by atoms with E-state index in [1.165, 1.54) is 18.4 Å². The van der Waals surface area contributed by atoms with E-state index in [4.69, 9.17) is 14.2 Å². The zero-order valence-corrected chi connectivity index (χ0v) is 16.4. The second-order valence-electron chi connectivity index (χ2n) is 5.51. The summed E-state index contributed by atoms with van der Waals surface area (Å²) in [5, 5.41) is 4.68. The summed E-state index contributed by atoms with van der Waals surface area (Å²) in [6.07, 6.45) is 1.60. The first-order valence-corrected chi connectivity index (χ1v) is 9.14. The lowest BCUT2D eigenvalue weighted by atomic mass is 10.1. The molecule has 8 heteroatoms. The molecule has 0 spiro atoms. The zero-order chi connectivity index (χ0) is 19.9. The Hall–Kier alpha value is -3.39. The van der Waals surface area contributed by atoms with Gasteiger partial charge in [-0.25, -0.2) is 9.78 Å². The summed E-state index contributed by atoms with van der Waals surface area (Å²) in [6, 6.07) is 14.9. The summed E-state index contributed by atoms with van der Waals surface area (Å²) in [6.45, 7) is 0. The van der Waals surface area contributed by atoms with Crippen molar-refractivity contribution in [1.82, 2.24) is 4.98 Å². The van der Waals surface area contributed by atoms with Gasteiger partial charge in [-0.15, -0.1) is 0 Å². The van der Waals surface area contributed by atoms with Gasteiger partial charge >= 0.3 is 5.97 Å². The third kappa shape index (κ3) is 4.12. The molecule has 0 bridgehead atoms. The van der Waals surface area contributed by atoms with Gasteiger partial charge < -0.3 is 14.2 Å². The number of carbonyl (C=O) groups is 1. The minimum atomic E-state index is -0.442. The highest BCUT2D eigenvalue weighted by molar-refractivity contribution is 7.17. The average Bonchev–Trinajstić information content (AvgIpc) is 3.17. The fraction of sp³-hybridized carbons (Fsp3) is 0.150. The van der Waals surface area contributed by atoms with Crippen molar-refractivity contribution in [3.8, 4) is 22.8 Å². The van der Waals surface area contributed by atoms with Crippen LogP contribution in [0.5, 0.6) is 11.5 Å². The van der Waals surface area contributed by atoms with Gasteiger partial charge in [-0.2, -0.15) is 5.10 Å². The summed E-state index contributed by atoms with van der Waals surface area (Å²) in [4.78, 5) is 17.0. The Bertz CT molecular complexity index is 986. The molecular weight excluding hydrogens is 378 g/mol. The monoisotopic (exact) mass is 397 g/mol. The van der Waals surface area contributed by atoms with E-state index in [9.17, 15) is 4.79 Å². The Morgan fingerprint density at radius 2 is 1.86 bits per heavy atom. The summed E-state index contributed by atoms with van der Waals surface area (Å²) < 4.78 is 15.5. The van der Waals surface area contributed by atoms with Gasteiger partial charge in [0.25, 0.3) is 0 Å². The lowest BCUT2D eigenvalue weighted by molar-refractivity contribution is 0.0607. The van der Waals surface area contributed by atoms with E-state index < -0.39 is 5.97 Å². The molecule has 0 fully saturated rings. The van der Waals surface area contributed by atoms with Crippen LogP contribution in [0, 0.1) is 0 Å². The van der Waals surface area contributed by atoms with Gasteiger partial charge in [0.2, 0.25) is 5.13 Å². The normalized spacial score (nSPS) is 10.7. The maximum Gasteiger partial charge on any atom is 0.350 e. The van der Waals surface area contributed by atoms with Crippen molar-refractivity contribution in [2.75, 3.05) is 26.8 Å². The fourth-order valence-corrected chi connectivity index (χ4v) is 3.42. The van der Waals surface area contributed by atoms with E-state index in [2.05, 4.69) is 15.5 Å². The average molecular weight is 397 g/mol. The van der Waals surface area contributed by atoms with Crippen molar-refractivity contribution in [3.05, 3.63) is 59.0 Å². The number of nitrogens with one attached hydrogen (secondary N) is 1. The van der Waals surface area contributed by atoms with Gasteiger partial charge in [0.05, 0.1) is 33.2 Å². The number of hydrogen-bond donors (Lipinski definition) is 1. The number of carbonyl (C=O) groups excluding carboxylic acids is 1. The largest absolute Gasteiger partial charge is 0.493 e. The number of aromatic nitrogens is 1. The number of rotatable bonds is 7. The topological polar surface area (TPSA) is 82.0 Å². The second kappa shape index (κ2) is 9.01. The van der Waals surface area contributed by atoms with Crippen molar-refractivity contribution in [2.24, 2.45) is 5.10 Å². The molecule has 7 nitrogen and oxygen atoms in total. The smallest absolute Gasteiger partial charge is 0.350 e. The van der Waals surface area contributed by atoms with Crippen LogP contribution in [0.2, 0.25) is 0 Å². The van der Waals surface area contributed by atoms with Gasteiger partial charge in [0, 0.05) is 11.1 Å². The quantitative estimate of drug-likeness (QED) is 0.368. The molecule has 0 radical (unpaired) electrons. The zero-order valence-electron chi connectivity index (χ0n) is 15.6. The Morgan fingerprint density at radius 3 is 2.54 bits per heavy atom. The van der Waals surface area contributed by atoms with Crippen LogP contribution < -0.4 is 14.9 Å². The number of thiazole rings is 1. The van der Waals surface area contributed by atoms with Crippen LogP contribution in [0.3, 0.4) is 0 Å². The number of hydrazone groups is 1. The highest BCUT2D eigenvalue weighted by Gasteiger charge is 2.20. The number of anilines is 1. The number of esters is 1. The first kappa shape index (κ1) is 19.4. The Morgan fingerprint density at radius 1 is 1.07 bits per heavy atom. The molecule has 0 saturated carbocycles. The lowest BCUT2D eigenvalue weighted by Gasteiger charge is -2.09. The summed E-state index contributed by atoms with van der Waals surface area (Å²) in [5.41, 5.74) is 4.98. The van der Waals surface area contributed by atoms with Crippen LogP contribution in [-0.4, -0.2) is 38.5 Å². The number of benzene rings is 2. The van der Waals surface area contributed by atoms with E-state index in [-0.39, 0.29) is 0 Å². The molecule has 0 aliphatic heterocycles. The number of hydrogen-bond acceptors (Lipinski definition) is 8. The number of ether oxygens (including phenoxy) is 3. The maximum atomic E-state index is 12.1. The second-order valence-corrected chi connectivity index (χ2v) is 6.51. The molecule has 0 amide bonds. The Labute approximate surface area is 166 Å². The molecule has 1 heterocycles. The highest BCUT2D eigenvalue weighted by atomic mass is 32.1. The van der Waals surface area contributed by atoms with Gasteiger partial charge in [-0.05, 0) is 12.1 Å². The number of nitrogens with zero attached hydrogens (tertiary/aromatic N) is 2. The van der Waals surface area contributed by atoms with Gasteiger partial charge in [-0.3, -0.25) is 5.43 Å². The summed E-state index contributed by atoms with van der Waals surface area (Å²) in [5.74, 6) is 0.748. The SMILES string of the molecule is COC(=O)c1sc(N/N=C\c2cccc(OC)c2OC)nc1-c1ccccc1. The third-order valence-electron chi connectivity index (χ3n) is 3.84. The van der Waals surface area contributed by atoms with Crippen LogP contribution in [0.15, 0.2) is 53.6 Å². The molecular formula is C20H19N3O4S. The van der Waals surface area contributed by atoms with Crippen molar-refractivity contribution in [1.29, 1.82) is 0 Å². The maximum absolute atomic E-state index is 12.1. The number of para-hydroxylation sites is 1. The molecule has 2 aromatic carbocycles. The molecule has 144 valence electrons. The molecule has 1 aromatic heterocycles. The molecule has 0 aliphatic rings. The molecule has 3 rings (SSSR count). The molecule has 3 aromatic rings. The van der Waals surface area contributed by atoms with E-state index in [1.54, 1.807) is 26.5 Å². The van der Waals surface area contributed by atoms with Crippen molar-refractivity contribution < 1.29 is 19.0 Å². The molecule has 0 unspecified atom stereocenters. The van der Waals surface area contributed by atoms with Crippen molar-refractivity contribution >= 4 is 28.7 Å². The van der Waals surface area contributed by atoms with E-state index in [1.807, 2.05) is 42.5 Å². The fourth-order valence-electron chi connectivity index (χ4n) is 2.56. The first-order chi connectivity index (χ1) is 13.7. The first-order valence-electron chi connectivity index (χ1n) is 8.32. The van der Waals surface area contributed by atoms with Crippen LogP contribution in [0.1, 0.15) is 15.2 Å². The standard InChI is InChI=1S/C20H19N3O4S/c1-25-15-11-7-10-14(17(15)26-2)12-21-23-20-22-16(13-8-5-4-6-9-13)18(28-20)19(24)27-3/h4-12H,1-3H3,(H,22,23)/b21-12-. The predicted octanol–water partition coefficient (Wildman–Crippen LogP) is 4.06. The summed E-state index contributed by atoms with van der Waals surface area (Å²) in [7, 11) is 4.49. The van der Waals surface area contributed by atoms with Gasteiger partial charge in [0.1, 0.15) is 4.88 Å². The number of methoxy groups -OCH3 is 3. The third-order valence-corrected chi connectivity index (χ3v) is 4.78. The van der Waals surface area contributed by atoms with Crippen molar-refractivity contribution in [3.63, 3.8) is 0 Å². The molecule has 1 N–H and O–H groups in total. The molecule has 28 heavy (non-hydrogen) atoms. The van der Waals surface area contributed by atoms with Crippen LogP contribution in [0.25, 0.3) is 11.3 Å². The van der Waals surface area contributed by atoms with E-state index in [0.29, 0.717) is 27.2 Å². The van der Waals surface area contributed by atoms with Gasteiger partial charge in [-0.1, -0.05) is 47.7 Å². The molecule has 0 aliphatic carbocycles.